The quantitative estimate of drug-likeness (QED) is 0.678. The van der Waals surface area contributed by atoms with E-state index in [0.29, 0.717) is 16.4 Å². The Balaban J connectivity index is 1.93. The lowest BCUT2D eigenvalue weighted by Gasteiger charge is -2.35. The number of carbonyl (C=O) groups is 1. The summed E-state index contributed by atoms with van der Waals surface area (Å²) in [6, 6.07) is 8.97. The number of thiocarbonyl (C=S) groups is 1. The number of nitrogens with zero attached hydrogens (tertiary/aromatic N) is 1. The maximum atomic E-state index is 13.1. The normalized spacial score (nSPS) is 17.2. The zero-order valence-corrected chi connectivity index (χ0v) is 17.7. The maximum Gasteiger partial charge on any atom is 0.255 e. The first-order valence-corrected chi connectivity index (χ1v) is 9.93. The lowest BCUT2D eigenvalue weighted by atomic mass is 10.00. The molecule has 1 atom stereocenters. The third-order valence-corrected chi connectivity index (χ3v) is 6.37. The second-order valence-electron chi connectivity index (χ2n) is 5.79. The topological polar surface area (TPSA) is 53.6 Å². The Hall–Kier alpha value is -1.90. The molecule has 1 aliphatic heterocycles. The highest BCUT2D eigenvalue weighted by atomic mass is 79.9. The second-order valence-corrected chi connectivity index (χ2v) is 8.04. The lowest BCUT2D eigenvalue weighted by molar-refractivity contribution is -0.113. The smallest absolute Gasteiger partial charge is 0.255 e. The monoisotopic (exact) mass is 451 g/mol. The van der Waals surface area contributed by atoms with Crippen LogP contribution in [0.4, 0.5) is 5.69 Å². The van der Waals surface area contributed by atoms with E-state index in [-0.39, 0.29) is 11.9 Å². The summed E-state index contributed by atoms with van der Waals surface area (Å²) in [6.45, 7) is 1.91. The van der Waals surface area contributed by atoms with Crippen molar-refractivity contribution in [2.75, 3.05) is 19.5 Å². The van der Waals surface area contributed by atoms with Crippen LogP contribution in [0.15, 0.2) is 51.5 Å². The molecule has 136 valence electrons. The van der Waals surface area contributed by atoms with E-state index in [0.717, 1.165) is 20.8 Å². The van der Waals surface area contributed by atoms with Gasteiger partial charge >= 0.3 is 0 Å². The van der Waals surface area contributed by atoms with E-state index >= 15 is 0 Å². The summed E-state index contributed by atoms with van der Waals surface area (Å²) >= 11 is 10.5. The van der Waals surface area contributed by atoms with Gasteiger partial charge in [-0.2, -0.15) is 0 Å². The number of rotatable bonds is 4. The molecule has 26 heavy (non-hydrogen) atoms. The standard InChI is InChI=1S/C18H18BrN3O2S2/c1-10-15(17(23)20-12-4-6-13(24-3)7-5-12)16(21-18(25)22(10)2)14-8-11(19)9-26-14/h4-9,16H,1-3H3,(H,20,23)(H,21,25). The molecule has 8 heteroatoms. The fraction of sp³-hybridized carbons (Fsp3) is 0.222. The number of ether oxygens (including phenoxy) is 1. The Morgan fingerprint density at radius 1 is 1.38 bits per heavy atom. The predicted molar refractivity (Wildman–Crippen MR) is 113 cm³/mol. The summed E-state index contributed by atoms with van der Waals surface area (Å²) in [4.78, 5) is 15.9. The summed E-state index contributed by atoms with van der Waals surface area (Å²) in [7, 11) is 3.46. The first kappa shape index (κ1) is 18.9. The van der Waals surface area contributed by atoms with Gasteiger partial charge in [-0.15, -0.1) is 11.3 Å². The Bertz CT molecular complexity index is 877. The van der Waals surface area contributed by atoms with Gasteiger partial charge < -0.3 is 20.3 Å². The number of benzene rings is 1. The molecule has 5 nitrogen and oxygen atoms in total. The fourth-order valence-corrected chi connectivity index (χ4v) is 4.45. The number of carbonyl (C=O) groups excluding carboxylic acids is 1. The third-order valence-electron chi connectivity index (χ3n) is 4.22. The molecule has 2 heterocycles. The summed E-state index contributed by atoms with van der Waals surface area (Å²) < 4.78 is 6.14. The molecule has 1 aromatic heterocycles. The number of hydrogen-bond acceptors (Lipinski definition) is 4. The van der Waals surface area contributed by atoms with E-state index in [9.17, 15) is 4.79 Å². The van der Waals surface area contributed by atoms with Gasteiger partial charge in [0, 0.05) is 33.2 Å². The average molecular weight is 452 g/mol. The Labute approximate surface area is 170 Å². The molecule has 0 radical (unpaired) electrons. The van der Waals surface area contributed by atoms with Crippen molar-refractivity contribution >= 4 is 56.2 Å². The van der Waals surface area contributed by atoms with E-state index in [1.807, 2.05) is 54.6 Å². The summed E-state index contributed by atoms with van der Waals surface area (Å²) in [5, 5.41) is 8.82. The molecule has 1 aliphatic rings. The van der Waals surface area contributed by atoms with Crippen LogP contribution >= 0.6 is 39.5 Å². The van der Waals surface area contributed by atoms with Gasteiger partial charge in [-0.05, 0) is 65.4 Å². The highest BCUT2D eigenvalue weighted by Gasteiger charge is 2.33. The molecular weight excluding hydrogens is 434 g/mol. The third kappa shape index (κ3) is 3.77. The van der Waals surface area contributed by atoms with Crippen LogP contribution in [0.3, 0.4) is 0 Å². The minimum Gasteiger partial charge on any atom is -0.497 e. The van der Waals surface area contributed by atoms with E-state index in [1.165, 1.54) is 0 Å². The van der Waals surface area contributed by atoms with Crippen LogP contribution in [0.1, 0.15) is 17.8 Å². The van der Waals surface area contributed by atoms with Crippen molar-refractivity contribution in [1.29, 1.82) is 0 Å². The highest BCUT2D eigenvalue weighted by Crippen LogP contribution is 2.35. The molecule has 1 unspecified atom stereocenters. The van der Waals surface area contributed by atoms with Crippen LogP contribution in [0.2, 0.25) is 0 Å². The number of thiophene rings is 1. The van der Waals surface area contributed by atoms with Crippen molar-refractivity contribution in [1.82, 2.24) is 10.2 Å². The fourth-order valence-electron chi connectivity index (χ4n) is 2.70. The Morgan fingerprint density at radius 2 is 2.08 bits per heavy atom. The van der Waals surface area contributed by atoms with E-state index < -0.39 is 0 Å². The van der Waals surface area contributed by atoms with Crippen LogP contribution in [-0.2, 0) is 4.79 Å². The Morgan fingerprint density at radius 3 is 2.65 bits per heavy atom. The lowest BCUT2D eigenvalue weighted by Crippen LogP contribution is -2.46. The molecular formula is C18H18BrN3O2S2. The number of anilines is 1. The van der Waals surface area contributed by atoms with Gasteiger partial charge in [-0.25, -0.2) is 0 Å². The molecule has 3 rings (SSSR count). The van der Waals surface area contributed by atoms with Crippen molar-refractivity contribution in [3.8, 4) is 5.75 Å². The van der Waals surface area contributed by atoms with Crippen LogP contribution in [0, 0.1) is 0 Å². The Kier molecular flexibility index (Phi) is 5.64. The molecule has 0 spiro atoms. The summed E-state index contributed by atoms with van der Waals surface area (Å²) in [5.74, 6) is 0.577. The molecule has 0 saturated heterocycles. The van der Waals surface area contributed by atoms with Gasteiger partial charge in [0.25, 0.3) is 5.91 Å². The number of halogens is 1. The summed E-state index contributed by atoms with van der Waals surface area (Å²) in [6.07, 6.45) is 0. The molecule has 1 aromatic carbocycles. The van der Waals surface area contributed by atoms with Crippen molar-refractivity contribution in [3.63, 3.8) is 0 Å². The van der Waals surface area contributed by atoms with Crippen LogP contribution < -0.4 is 15.4 Å². The molecule has 2 N–H and O–H groups in total. The molecule has 0 aliphatic carbocycles. The van der Waals surface area contributed by atoms with Crippen LogP contribution in [0.5, 0.6) is 5.75 Å². The predicted octanol–water partition coefficient (Wildman–Crippen LogP) is 4.29. The summed E-state index contributed by atoms with van der Waals surface area (Å²) in [5.41, 5.74) is 2.18. The van der Waals surface area contributed by atoms with Crippen LogP contribution in [0.25, 0.3) is 0 Å². The van der Waals surface area contributed by atoms with Crippen LogP contribution in [-0.4, -0.2) is 30.1 Å². The van der Waals surface area contributed by atoms with Gasteiger partial charge in [0.15, 0.2) is 5.11 Å². The molecule has 0 saturated carbocycles. The minimum absolute atomic E-state index is 0.163. The zero-order valence-electron chi connectivity index (χ0n) is 14.5. The zero-order chi connectivity index (χ0) is 18.8. The number of hydrogen-bond donors (Lipinski definition) is 2. The maximum absolute atomic E-state index is 13.1. The van der Waals surface area contributed by atoms with Gasteiger partial charge in [-0.3, -0.25) is 4.79 Å². The SMILES string of the molecule is COc1ccc(NC(=O)C2=C(C)N(C)C(=S)NC2c2cc(Br)cs2)cc1. The number of nitrogens with one attached hydrogen (secondary N) is 2. The van der Waals surface area contributed by atoms with Crippen molar-refractivity contribution in [3.05, 3.63) is 56.3 Å². The molecule has 2 aromatic rings. The molecule has 0 bridgehead atoms. The van der Waals surface area contributed by atoms with Gasteiger partial charge in [-0.1, -0.05) is 0 Å². The highest BCUT2D eigenvalue weighted by molar-refractivity contribution is 9.10. The molecule has 1 amide bonds. The minimum atomic E-state index is -0.284. The van der Waals surface area contributed by atoms with Gasteiger partial charge in [0.05, 0.1) is 18.7 Å². The van der Waals surface area contributed by atoms with E-state index in [1.54, 1.807) is 18.4 Å². The average Bonchev–Trinajstić information content (AvgIpc) is 3.06. The van der Waals surface area contributed by atoms with Crippen molar-refractivity contribution < 1.29 is 9.53 Å². The van der Waals surface area contributed by atoms with Gasteiger partial charge in [0.2, 0.25) is 0 Å². The van der Waals surface area contributed by atoms with Crippen molar-refractivity contribution in [2.45, 2.75) is 13.0 Å². The van der Waals surface area contributed by atoms with E-state index in [2.05, 4.69) is 26.6 Å². The first-order valence-electron chi connectivity index (χ1n) is 7.85. The van der Waals surface area contributed by atoms with E-state index in [4.69, 9.17) is 17.0 Å². The number of methoxy groups -OCH3 is 1. The van der Waals surface area contributed by atoms with Crippen molar-refractivity contribution in [2.24, 2.45) is 0 Å². The first-order chi connectivity index (χ1) is 12.4. The number of amides is 1. The largest absolute Gasteiger partial charge is 0.497 e. The molecule has 0 fully saturated rings. The number of allylic oxidation sites excluding steroid dienone is 1. The van der Waals surface area contributed by atoms with Gasteiger partial charge in [0.1, 0.15) is 5.75 Å². The second kappa shape index (κ2) is 7.77.